The molecule has 0 aromatic rings. The summed E-state index contributed by atoms with van der Waals surface area (Å²) in [5.41, 5.74) is 0. The van der Waals surface area contributed by atoms with Gasteiger partial charge in [0.15, 0.2) is 0 Å². The van der Waals surface area contributed by atoms with E-state index in [1.807, 2.05) is 0 Å². The summed E-state index contributed by atoms with van der Waals surface area (Å²) in [4.78, 5) is 10.2. The van der Waals surface area contributed by atoms with Crippen LogP contribution >= 0.6 is 0 Å². The van der Waals surface area contributed by atoms with E-state index in [9.17, 15) is 15.0 Å². The van der Waals surface area contributed by atoms with E-state index in [0.29, 0.717) is 0 Å². The second-order valence-corrected chi connectivity index (χ2v) is 2.72. The summed E-state index contributed by atoms with van der Waals surface area (Å²) in [7, 11) is 0. The van der Waals surface area contributed by atoms with Crippen molar-refractivity contribution >= 4 is 5.97 Å². The van der Waals surface area contributed by atoms with Gasteiger partial charge in [0.2, 0.25) is 0 Å². The molecule has 0 amide bonds. The number of carboxylic acid groups (broad SMARTS) is 1. The van der Waals surface area contributed by atoms with Crippen LogP contribution < -0.4 is 69.3 Å². The topological polar surface area (TPSA) is 133 Å². The predicted molar refractivity (Wildman–Crippen MR) is 31.7 cm³/mol. The van der Waals surface area contributed by atoms with E-state index in [-0.39, 0.29) is 59.1 Å². The molecular weight excluding hydrogens is 230 g/mol. The van der Waals surface area contributed by atoms with Crippen LogP contribution in [0.1, 0.15) is 0 Å². The van der Waals surface area contributed by atoms with Crippen LogP contribution in [0.3, 0.4) is 0 Å². The van der Waals surface area contributed by atoms with Gasteiger partial charge in [-0.25, -0.2) is 0 Å². The van der Waals surface area contributed by atoms with Gasteiger partial charge in [-0.1, -0.05) is 0 Å². The van der Waals surface area contributed by atoms with Crippen LogP contribution in [-0.4, -0.2) is 52.0 Å². The Balaban J connectivity index is 0. The van der Waals surface area contributed by atoms with Crippen molar-refractivity contribution < 1.29 is 94.2 Å². The molecule has 5 atom stereocenters. The number of hydrogen-bond acceptors (Lipinski definition) is 7. The van der Waals surface area contributed by atoms with Crippen molar-refractivity contribution in [1.82, 2.24) is 0 Å². The molecule has 0 radical (unpaired) electrons. The van der Waals surface area contributed by atoms with Crippen molar-refractivity contribution in [2.45, 2.75) is 30.7 Å². The number of aliphatic hydroxyl groups is 3. The van der Waals surface area contributed by atoms with Gasteiger partial charge in [0.25, 0.3) is 0 Å². The number of carboxylic acids is 1. The molecule has 0 bridgehead atoms. The van der Waals surface area contributed by atoms with E-state index in [1.165, 1.54) is 0 Å². The second kappa shape index (κ2) is 7.57. The van der Waals surface area contributed by atoms with Crippen molar-refractivity contribution in [1.29, 1.82) is 0 Å². The van der Waals surface area contributed by atoms with Gasteiger partial charge < -0.3 is 35.1 Å². The molecule has 3 N–H and O–H groups in total. The van der Waals surface area contributed by atoms with Gasteiger partial charge in [0, 0.05) is 6.29 Å². The molecule has 0 aliphatic carbocycles. The Morgan fingerprint density at radius 1 is 1.07 bits per heavy atom. The van der Waals surface area contributed by atoms with Crippen molar-refractivity contribution in [3.05, 3.63) is 0 Å². The normalized spacial score (nSPS) is 39.9. The first-order chi connectivity index (χ1) is 5.95. The summed E-state index contributed by atoms with van der Waals surface area (Å²) < 4.78 is 4.17. The van der Waals surface area contributed by atoms with Crippen LogP contribution in [0, 0.1) is 0 Å². The van der Waals surface area contributed by atoms with E-state index < -0.39 is 36.7 Å². The number of hydrogen-bond donors (Lipinski definition) is 3. The maximum Gasteiger partial charge on any atom is 1.00 e. The summed E-state index contributed by atoms with van der Waals surface area (Å²) in [5, 5.41) is 47.8. The van der Waals surface area contributed by atoms with E-state index in [1.54, 1.807) is 0 Å². The molecule has 1 unspecified atom stereocenters. The van der Waals surface area contributed by atoms with Crippen LogP contribution in [-0.2, 0) is 9.53 Å². The van der Waals surface area contributed by atoms with Crippen LogP contribution in [0.5, 0.6) is 0 Å². The zero-order chi connectivity index (χ0) is 10.2. The minimum Gasteiger partial charge on any atom is -0.829 e. The maximum atomic E-state index is 10.7. The summed E-state index contributed by atoms with van der Waals surface area (Å²) >= 11 is 0. The fraction of sp³-hybridized carbons (Fsp3) is 0.833. The minimum absolute atomic E-state index is 0. The molecule has 1 rings (SSSR count). The van der Waals surface area contributed by atoms with Crippen molar-refractivity contribution in [3.63, 3.8) is 0 Å². The number of rotatable bonds is 1. The van der Waals surface area contributed by atoms with Gasteiger partial charge in [0.05, 0.1) is 12.1 Å². The van der Waals surface area contributed by atoms with E-state index in [0.717, 1.165) is 0 Å². The molecule has 15 heavy (non-hydrogen) atoms. The molecule has 76 valence electrons. The third-order valence-corrected chi connectivity index (χ3v) is 1.80. The van der Waals surface area contributed by atoms with Gasteiger partial charge in [-0.05, 0) is 0 Å². The third-order valence-electron chi connectivity index (χ3n) is 1.80. The smallest absolute Gasteiger partial charge is 0.829 e. The largest absolute Gasteiger partial charge is 1.00 e. The molecule has 1 heterocycles. The predicted octanol–water partition coefficient (Wildman–Crippen LogP) is -11.1. The quantitative estimate of drug-likeness (QED) is 0.386. The fourth-order valence-corrected chi connectivity index (χ4v) is 1.04. The molecule has 0 spiro atoms. The molecule has 7 nitrogen and oxygen atoms in total. The first kappa shape index (κ1) is 18.6. The number of carbonyl (C=O) groups excluding carboxylic acids is 1. The molecule has 1 aliphatic heterocycles. The standard InChI is InChI=1S/C6H9O7.2Na/c7-1-2(8)4(5(10)11)13-6(12)3(1)9;;/h1-4,6-9H,(H,10,11);;/q-1;2*+1/p-1/t1-,2-,3-,4-,6?;;/m0../s1. The SMILES string of the molecule is O=C([O-])[C@H]1OC([O-])[C@@H](O)[C@@H](O)[C@@H]1O.[Na+].[Na+]. The van der Waals surface area contributed by atoms with Gasteiger partial charge in [-0.15, -0.1) is 0 Å². The molecule has 0 aromatic carbocycles. The molecule has 1 fully saturated rings. The van der Waals surface area contributed by atoms with Crippen molar-refractivity contribution in [2.75, 3.05) is 0 Å². The average Bonchev–Trinajstić information content (AvgIpc) is 2.07. The van der Waals surface area contributed by atoms with Gasteiger partial charge in [-0.2, -0.15) is 0 Å². The Morgan fingerprint density at radius 3 is 1.93 bits per heavy atom. The molecule has 9 heteroatoms. The van der Waals surface area contributed by atoms with E-state index in [4.69, 9.17) is 15.3 Å². The Morgan fingerprint density at radius 2 is 1.53 bits per heavy atom. The Labute approximate surface area is 130 Å². The zero-order valence-electron chi connectivity index (χ0n) is 8.36. The van der Waals surface area contributed by atoms with Gasteiger partial charge in [-0.3, -0.25) is 0 Å². The van der Waals surface area contributed by atoms with Crippen molar-refractivity contribution in [2.24, 2.45) is 0 Å². The first-order valence-corrected chi connectivity index (χ1v) is 3.51. The fourth-order valence-electron chi connectivity index (χ4n) is 1.04. The summed E-state index contributed by atoms with van der Waals surface area (Å²) in [6.07, 6.45) is -9.53. The van der Waals surface area contributed by atoms with Crippen LogP contribution in [0.15, 0.2) is 0 Å². The summed E-state index contributed by atoms with van der Waals surface area (Å²) in [5.74, 6) is -1.81. The molecule has 1 aliphatic rings. The van der Waals surface area contributed by atoms with Crippen LogP contribution in [0.4, 0.5) is 0 Å². The van der Waals surface area contributed by atoms with Gasteiger partial charge in [0.1, 0.15) is 18.3 Å². The monoisotopic (exact) mass is 238 g/mol. The van der Waals surface area contributed by atoms with E-state index >= 15 is 0 Å². The van der Waals surface area contributed by atoms with Crippen LogP contribution in [0.2, 0.25) is 0 Å². The first-order valence-electron chi connectivity index (χ1n) is 3.51. The number of aliphatic hydroxyl groups excluding tert-OH is 3. The third kappa shape index (κ3) is 4.21. The zero-order valence-corrected chi connectivity index (χ0v) is 12.4. The maximum absolute atomic E-state index is 10.7. The Hall–Kier alpha value is 1.27. The Kier molecular flexibility index (Phi) is 9.40. The molecular formula is C6H8Na2O7. The number of carbonyl (C=O) groups is 1. The van der Waals surface area contributed by atoms with Crippen molar-refractivity contribution in [3.8, 4) is 0 Å². The summed E-state index contributed by atoms with van der Waals surface area (Å²) in [6.45, 7) is 0. The Bertz CT molecular complexity index is 214. The van der Waals surface area contributed by atoms with Gasteiger partial charge >= 0.3 is 59.1 Å². The number of ether oxygens (including phenoxy) is 1. The molecule has 0 saturated carbocycles. The van der Waals surface area contributed by atoms with E-state index in [2.05, 4.69) is 4.74 Å². The van der Waals surface area contributed by atoms with Crippen LogP contribution in [0.25, 0.3) is 0 Å². The summed E-state index contributed by atoms with van der Waals surface area (Å²) in [6, 6.07) is 0. The molecule has 0 aromatic heterocycles. The molecule has 1 saturated heterocycles. The average molecular weight is 238 g/mol. The minimum atomic E-state index is -2.10. The number of aliphatic carboxylic acids is 1. The second-order valence-electron chi connectivity index (χ2n) is 2.72.